The number of rotatable bonds is 7. The molecule has 1 aliphatic rings. The van der Waals surface area contributed by atoms with E-state index in [0.717, 1.165) is 26.1 Å². The summed E-state index contributed by atoms with van der Waals surface area (Å²) in [5.74, 6) is 0.337. The van der Waals surface area contributed by atoms with Gasteiger partial charge >= 0.3 is 6.09 Å². The third-order valence-electron chi connectivity index (χ3n) is 3.96. The predicted octanol–water partition coefficient (Wildman–Crippen LogP) is 2.26. The molecule has 1 saturated heterocycles. The second-order valence-electron chi connectivity index (χ2n) is 5.86. The van der Waals surface area contributed by atoms with Crippen LogP contribution in [-0.4, -0.2) is 74.8 Å². The van der Waals surface area contributed by atoms with Crippen LogP contribution in [0.4, 0.5) is 4.79 Å². The lowest BCUT2D eigenvalue weighted by Gasteiger charge is -2.33. The first kappa shape index (κ1) is 20.6. The van der Waals surface area contributed by atoms with Gasteiger partial charge in [0, 0.05) is 49.8 Å². The molecule has 1 aromatic rings. The maximum atomic E-state index is 11.9. The van der Waals surface area contributed by atoms with Crippen LogP contribution in [0.5, 0.6) is 5.75 Å². The molecule has 0 aliphatic carbocycles. The second-order valence-corrected chi connectivity index (χ2v) is 6.74. The Morgan fingerprint density at radius 1 is 1.12 bits per heavy atom. The van der Waals surface area contributed by atoms with E-state index < -0.39 is 6.09 Å². The first-order valence-corrected chi connectivity index (χ1v) is 9.17. The third-order valence-corrected chi connectivity index (χ3v) is 4.40. The maximum absolute atomic E-state index is 11.9. The number of piperazine rings is 1. The number of benzene rings is 1. The molecule has 9 heteroatoms. The van der Waals surface area contributed by atoms with E-state index in [4.69, 9.17) is 32.7 Å². The molecule has 1 aliphatic heterocycles. The van der Waals surface area contributed by atoms with Crippen molar-refractivity contribution < 1.29 is 19.1 Å². The van der Waals surface area contributed by atoms with E-state index >= 15 is 0 Å². The number of ether oxygens (including phenoxy) is 2. The third kappa shape index (κ3) is 6.90. The van der Waals surface area contributed by atoms with E-state index in [1.165, 1.54) is 7.05 Å². The van der Waals surface area contributed by atoms with Gasteiger partial charge in [-0.1, -0.05) is 23.2 Å². The van der Waals surface area contributed by atoms with Crippen LogP contribution in [0.3, 0.4) is 0 Å². The molecule has 1 N–H and O–H groups in total. The van der Waals surface area contributed by atoms with Crippen molar-refractivity contribution in [1.29, 1.82) is 0 Å². The highest BCUT2D eigenvalue weighted by atomic mass is 35.5. The normalized spacial score (nSPS) is 14.8. The van der Waals surface area contributed by atoms with Gasteiger partial charge < -0.3 is 19.7 Å². The minimum atomic E-state index is -0.450. The molecule has 26 heavy (non-hydrogen) atoms. The zero-order chi connectivity index (χ0) is 18.9. The summed E-state index contributed by atoms with van der Waals surface area (Å²) in [6.07, 6.45) is 0.403. The average molecular weight is 404 g/mol. The van der Waals surface area contributed by atoms with Crippen molar-refractivity contribution in [1.82, 2.24) is 15.1 Å². The molecule has 144 valence electrons. The summed E-state index contributed by atoms with van der Waals surface area (Å²) in [5.41, 5.74) is 0. The van der Waals surface area contributed by atoms with Crippen molar-refractivity contribution in [2.45, 2.75) is 6.42 Å². The number of hydrogen-bond acceptors (Lipinski definition) is 5. The van der Waals surface area contributed by atoms with E-state index in [1.807, 2.05) is 0 Å². The molecule has 0 spiro atoms. The molecule has 0 aromatic heterocycles. The number of halogens is 2. The molecule has 2 amide bonds. The van der Waals surface area contributed by atoms with Gasteiger partial charge in [0.1, 0.15) is 5.75 Å². The second kappa shape index (κ2) is 10.4. The van der Waals surface area contributed by atoms with Crippen LogP contribution in [0, 0.1) is 0 Å². The summed E-state index contributed by atoms with van der Waals surface area (Å²) in [5, 5.41) is 3.50. The standard InChI is InChI=1S/C17H23Cl2N3O4/c1-20-16(23)12-26-17(24)22-6-4-21(5-7-22)3-2-8-25-15-10-13(18)9-14(19)11-15/h9-11H,2-8,12H2,1H3,(H,20,23). The Kier molecular flexibility index (Phi) is 8.28. The number of likely N-dealkylation sites (N-methyl/N-ethyl adjacent to an activating group) is 1. The Bertz CT molecular complexity index is 602. The topological polar surface area (TPSA) is 71.1 Å². The fraction of sp³-hybridized carbons (Fsp3) is 0.529. The van der Waals surface area contributed by atoms with Gasteiger partial charge in [-0.05, 0) is 24.6 Å². The first-order valence-electron chi connectivity index (χ1n) is 8.41. The van der Waals surface area contributed by atoms with Crippen molar-refractivity contribution in [2.24, 2.45) is 0 Å². The molecular formula is C17H23Cl2N3O4. The lowest BCUT2D eigenvalue weighted by molar-refractivity contribution is -0.123. The number of carbonyl (C=O) groups is 2. The van der Waals surface area contributed by atoms with Crippen molar-refractivity contribution in [3.8, 4) is 5.75 Å². The quantitative estimate of drug-likeness (QED) is 0.706. The van der Waals surface area contributed by atoms with E-state index in [2.05, 4.69) is 10.2 Å². The van der Waals surface area contributed by atoms with Crippen LogP contribution < -0.4 is 10.1 Å². The molecule has 0 radical (unpaired) electrons. The number of nitrogens with zero attached hydrogens (tertiary/aromatic N) is 2. The summed E-state index contributed by atoms with van der Waals surface area (Å²) in [4.78, 5) is 26.8. The smallest absolute Gasteiger partial charge is 0.410 e. The van der Waals surface area contributed by atoms with Crippen LogP contribution in [0.25, 0.3) is 0 Å². The minimum absolute atomic E-state index is 0.250. The van der Waals surface area contributed by atoms with E-state index in [0.29, 0.717) is 35.5 Å². The Hall–Kier alpha value is -1.70. The van der Waals surface area contributed by atoms with Crippen LogP contribution >= 0.6 is 23.2 Å². The van der Waals surface area contributed by atoms with Crippen molar-refractivity contribution in [2.75, 3.05) is 53.0 Å². The lowest BCUT2D eigenvalue weighted by Crippen LogP contribution is -2.49. The highest BCUT2D eigenvalue weighted by Gasteiger charge is 2.22. The Balaban J connectivity index is 1.61. The van der Waals surface area contributed by atoms with E-state index in [-0.39, 0.29) is 12.5 Å². The lowest BCUT2D eigenvalue weighted by atomic mass is 10.3. The highest BCUT2D eigenvalue weighted by Crippen LogP contribution is 2.24. The Morgan fingerprint density at radius 2 is 1.77 bits per heavy atom. The summed E-state index contributed by atoms with van der Waals surface area (Å²) >= 11 is 11.9. The maximum Gasteiger partial charge on any atom is 0.410 e. The number of hydrogen-bond donors (Lipinski definition) is 1. The summed E-state index contributed by atoms with van der Waals surface area (Å²) in [7, 11) is 1.50. The first-order chi connectivity index (χ1) is 12.5. The number of carbonyl (C=O) groups excluding carboxylic acids is 2. The van der Waals surface area contributed by atoms with Gasteiger partial charge in [0.15, 0.2) is 6.61 Å². The highest BCUT2D eigenvalue weighted by molar-refractivity contribution is 6.34. The summed E-state index contributed by atoms with van der Waals surface area (Å²) < 4.78 is 10.6. The van der Waals surface area contributed by atoms with Gasteiger partial charge in [-0.15, -0.1) is 0 Å². The predicted molar refractivity (Wildman–Crippen MR) is 100 cm³/mol. The van der Waals surface area contributed by atoms with Gasteiger partial charge in [0.25, 0.3) is 5.91 Å². The average Bonchev–Trinajstić information content (AvgIpc) is 2.62. The molecule has 0 bridgehead atoms. The minimum Gasteiger partial charge on any atom is -0.493 e. The molecule has 0 atom stereocenters. The number of nitrogens with one attached hydrogen (secondary N) is 1. The summed E-state index contributed by atoms with van der Waals surface area (Å²) in [6, 6.07) is 5.13. The van der Waals surface area contributed by atoms with Gasteiger partial charge in [0.05, 0.1) is 6.61 Å². The zero-order valence-corrected chi connectivity index (χ0v) is 16.2. The Morgan fingerprint density at radius 3 is 2.38 bits per heavy atom. The molecule has 1 heterocycles. The monoisotopic (exact) mass is 403 g/mol. The van der Waals surface area contributed by atoms with E-state index in [9.17, 15) is 9.59 Å². The molecule has 1 fully saturated rings. The summed E-state index contributed by atoms with van der Waals surface area (Å²) in [6.45, 7) is 3.87. The van der Waals surface area contributed by atoms with Crippen molar-refractivity contribution in [3.05, 3.63) is 28.2 Å². The Labute approximate surface area is 163 Å². The van der Waals surface area contributed by atoms with Gasteiger partial charge in [-0.2, -0.15) is 0 Å². The molecule has 0 saturated carbocycles. The number of amides is 2. The van der Waals surface area contributed by atoms with Gasteiger partial charge in [-0.25, -0.2) is 4.79 Å². The van der Waals surface area contributed by atoms with Gasteiger partial charge in [-0.3, -0.25) is 9.69 Å². The van der Waals surface area contributed by atoms with Crippen LogP contribution in [-0.2, 0) is 9.53 Å². The van der Waals surface area contributed by atoms with E-state index in [1.54, 1.807) is 23.1 Å². The largest absolute Gasteiger partial charge is 0.493 e. The van der Waals surface area contributed by atoms with Crippen LogP contribution in [0.15, 0.2) is 18.2 Å². The molecular weight excluding hydrogens is 381 g/mol. The zero-order valence-electron chi connectivity index (χ0n) is 14.7. The molecule has 7 nitrogen and oxygen atoms in total. The molecule has 2 rings (SSSR count). The van der Waals surface area contributed by atoms with Gasteiger partial charge in [0.2, 0.25) is 0 Å². The van der Waals surface area contributed by atoms with Crippen LogP contribution in [0.1, 0.15) is 6.42 Å². The van der Waals surface area contributed by atoms with Crippen LogP contribution in [0.2, 0.25) is 10.0 Å². The fourth-order valence-electron chi connectivity index (χ4n) is 2.53. The fourth-order valence-corrected chi connectivity index (χ4v) is 3.04. The van der Waals surface area contributed by atoms with Crippen molar-refractivity contribution in [3.63, 3.8) is 0 Å². The SMILES string of the molecule is CNC(=O)COC(=O)N1CCN(CCCOc2cc(Cl)cc(Cl)c2)CC1. The molecule has 0 unspecified atom stereocenters. The molecule has 1 aromatic carbocycles. The van der Waals surface area contributed by atoms with Crippen molar-refractivity contribution >= 4 is 35.2 Å².